The van der Waals surface area contributed by atoms with Gasteiger partial charge in [0.05, 0.1) is 5.41 Å². The minimum absolute atomic E-state index is 0.00583. The molecule has 0 fully saturated rings. The number of rotatable bonds is 8. The second-order valence-corrected chi connectivity index (χ2v) is 14.7. The molecule has 4 nitrogen and oxygen atoms in total. The maximum Gasteiger partial charge on any atom is 0.312 e. The lowest BCUT2D eigenvalue weighted by Crippen LogP contribution is -2.48. The van der Waals surface area contributed by atoms with Crippen LogP contribution < -0.4 is 4.74 Å². The van der Waals surface area contributed by atoms with Gasteiger partial charge in [-0.05, 0) is 93.8 Å². The topological polar surface area (TPSA) is 40.5 Å². The quantitative estimate of drug-likeness (QED) is 0.279. The molecule has 0 amide bonds. The Kier molecular flexibility index (Phi) is 7.92. The lowest BCUT2D eigenvalue weighted by molar-refractivity contribution is -0.181. The average molecular weight is 520 g/mol. The van der Waals surface area contributed by atoms with Crippen molar-refractivity contribution in [2.45, 2.75) is 100 Å². The van der Waals surface area contributed by atoms with E-state index in [-0.39, 0.29) is 16.8 Å². The molecule has 1 atom stereocenters. The molecule has 1 unspecified atom stereocenters. The van der Waals surface area contributed by atoms with Crippen LogP contribution in [-0.2, 0) is 16.6 Å². The SMILES string of the molecule is Cn1c(-c2ccc(OC(C)(C)CC(C)(C)OC(=O)C(C)(CC(C)(C)C)C(C)(C)C)cc2)cc2ccccc21. The first-order chi connectivity index (χ1) is 17.2. The lowest BCUT2D eigenvalue weighted by atomic mass is 9.61. The van der Waals surface area contributed by atoms with Crippen molar-refractivity contribution in [3.8, 4) is 17.0 Å². The molecule has 0 aliphatic rings. The maximum atomic E-state index is 13.6. The van der Waals surface area contributed by atoms with Gasteiger partial charge < -0.3 is 14.0 Å². The van der Waals surface area contributed by atoms with Gasteiger partial charge in [-0.15, -0.1) is 0 Å². The van der Waals surface area contributed by atoms with Gasteiger partial charge in [-0.25, -0.2) is 0 Å². The normalized spacial score (nSPS) is 14.8. The highest BCUT2D eigenvalue weighted by Crippen LogP contribution is 2.48. The van der Waals surface area contributed by atoms with E-state index in [0.29, 0.717) is 6.42 Å². The van der Waals surface area contributed by atoms with Gasteiger partial charge in [0.25, 0.3) is 0 Å². The Morgan fingerprint density at radius 1 is 0.763 bits per heavy atom. The standard InChI is InChI=1S/C34H49NO3/c1-30(2,3)22-34(11,31(4,5)6)29(36)38-33(9,10)23-32(7,8)37-26-19-17-24(18-20-26)28-21-25-15-13-14-16-27(25)35(28)12/h13-21H,22-23H2,1-12H3. The summed E-state index contributed by atoms with van der Waals surface area (Å²) < 4.78 is 14.9. The van der Waals surface area contributed by atoms with Crippen molar-refractivity contribution in [2.75, 3.05) is 0 Å². The smallest absolute Gasteiger partial charge is 0.312 e. The van der Waals surface area contributed by atoms with Gasteiger partial charge in [-0.2, -0.15) is 0 Å². The van der Waals surface area contributed by atoms with Gasteiger partial charge in [-0.1, -0.05) is 59.7 Å². The number of carbonyl (C=O) groups excluding carboxylic acids is 1. The van der Waals surface area contributed by atoms with Crippen molar-refractivity contribution in [1.29, 1.82) is 0 Å². The molecule has 38 heavy (non-hydrogen) atoms. The van der Waals surface area contributed by atoms with Crippen LogP contribution in [0.5, 0.6) is 5.75 Å². The van der Waals surface area contributed by atoms with E-state index in [1.54, 1.807) is 0 Å². The first kappa shape index (κ1) is 29.8. The molecule has 0 saturated heterocycles. The van der Waals surface area contributed by atoms with Crippen LogP contribution in [0, 0.1) is 16.2 Å². The Bertz CT molecular complexity index is 1270. The fourth-order valence-corrected chi connectivity index (χ4v) is 5.74. The molecule has 0 spiro atoms. The highest BCUT2D eigenvalue weighted by molar-refractivity contribution is 5.87. The Morgan fingerprint density at radius 2 is 1.34 bits per heavy atom. The van der Waals surface area contributed by atoms with Crippen LogP contribution in [0.25, 0.3) is 22.2 Å². The number of para-hydroxylation sites is 1. The molecule has 208 valence electrons. The van der Waals surface area contributed by atoms with Crippen molar-refractivity contribution in [1.82, 2.24) is 4.57 Å². The van der Waals surface area contributed by atoms with Gasteiger partial charge in [0, 0.05) is 30.1 Å². The number of hydrogen-bond acceptors (Lipinski definition) is 3. The number of aryl methyl sites for hydroxylation is 1. The second-order valence-electron chi connectivity index (χ2n) is 14.7. The number of ether oxygens (including phenoxy) is 2. The van der Waals surface area contributed by atoms with E-state index >= 15 is 0 Å². The summed E-state index contributed by atoms with van der Waals surface area (Å²) in [6.45, 7) is 23.0. The minimum Gasteiger partial charge on any atom is -0.488 e. The largest absolute Gasteiger partial charge is 0.488 e. The fourth-order valence-electron chi connectivity index (χ4n) is 5.74. The summed E-state index contributed by atoms with van der Waals surface area (Å²) in [5, 5.41) is 1.23. The molecule has 2 aromatic carbocycles. The number of fused-ring (bicyclic) bond motifs is 1. The van der Waals surface area contributed by atoms with Crippen molar-refractivity contribution in [3.63, 3.8) is 0 Å². The van der Waals surface area contributed by atoms with Crippen LogP contribution >= 0.6 is 0 Å². The molecule has 3 aromatic rings. The molecule has 1 aromatic heterocycles. The molecule has 0 bridgehead atoms. The van der Waals surface area contributed by atoms with Crippen LogP contribution in [0.2, 0.25) is 0 Å². The van der Waals surface area contributed by atoms with E-state index in [0.717, 1.165) is 17.7 Å². The Balaban J connectivity index is 1.72. The predicted molar refractivity (Wildman–Crippen MR) is 159 cm³/mol. The molecule has 0 saturated carbocycles. The van der Waals surface area contributed by atoms with Crippen molar-refractivity contribution in [3.05, 3.63) is 54.6 Å². The Morgan fingerprint density at radius 3 is 1.87 bits per heavy atom. The number of nitrogens with zero attached hydrogens (tertiary/aromatic N) is 1. The summed E-state index contributed by atoms with van der Waals surface area (Å²) in [6, 6.07) is 18.9. The van der Waals surface area contributed by atoms with Crippen molar-refractivity contribution in [2.24, 2.45) is 23.3 Å². The van der Waals surface area contributed by atoms with Gasteiger partial charge >= 0.3 is 5.97 Å². The highest BCUT2D eigenvalue weighted by atomic mass is 16.6. The molecule has 0 aliphatic carbocycles. The van der Waals surface area contributed by atoms with E-state index in [1.807, 2.05) is 26.0 Å². The number of aromatic nitrogens is 1. The number of benzene rings is 2. The zero-order chi connectivity index (χ0) is 28.7. The number of hydrogen-bond donors (Lipinski definition) is 0. The summed E-state index contributed by atoms with van der Waals surface area (Å²) in [4.78, 5) is 13.6. The molecule has 0 N–H and O–H groups in total. The first-order valence-electron chi connectivity index (χ1n) is 13.8. The third-order valence-corrected chi connectivity index (χ3v) is 7.71. The zero-order valence-electron chi connectivity index (χ0n) is 25.8. The van der Waals surface area contributed by atoms with E-state index in [2.05, 4.69) is 116 Å². The molecule has 0 radical (unpaired) electrons. The van der Waals surface area contributed by atoms with E-state index in [4.69, 9.17) is 9.47 Å². The van der Waals surface area contributed by atoms with Crippen LogP contribution in [0.3, 0.4) is 0 Å². The summed E-state index contributed by atoms with van der Waals surface area (Å²) in [7, 11) is 2.10. The summed E-state index contributed by atoms with van der Waals surface area (Å²) in [5.74, 6) is 0.659. The van der Waals surface area contributed by atoms with Crippen LogP contribution in [0.4, 0.5) is 0 Å². The average Bonchev–Trinajstić information content (AvgIpc) is 3.07. The van der Waals surface area contributed by atoms with Crippen LogP contribution in [0.1, 0.15) is 89.0 Å². The lowest BCUT2D eigenvalue weighted by Gasteiger charge is -2.45. The van der Waals surface area contributed by atoms with Crippen molar-refractivity contribution >= 4 is 16.9 Å². The second kappa shape index (κ2) is 10.1. The molecule has 0 aliphatic heterocycles. The predicted octanol–water partition coefficient (Wildman–Crippen LogP) is 9.20. The summed E-state index contributed by atoms with van der Waals surface area (Å²) in [5.41, 5.74) is 1.47. The summed E-state index contributed by atoms with van der Waals surface area (Å²) in [6.07, 6.45) is 1.31. The van der Waals surface area contributed by atoms with E-state index < -0.39 is 16.6 Å². The molecule has 4 heteroatoms. The Hall–Kier alpha value is -2.75. The minimum atomic E-state index is -0.686. The molecule has 3 rings (SSSR count). The third kappa shape index (κ3) is 6.81. The van der Waals surface area contributed by atoms with Crippen LogP contribution in [-0.4, -0.2) is 21.7 Å². The number of esters is 1. The first-order valence-corrected chi connectivity index (χ1v) is 13.8. The highest BCUT2D eigenvalue weighted by Gasteiger charge is 2.49. The fraction of sp³-hybridized carbons (Fsp3) is 0.559. The van der Waals surface area contributed by atoms with Gasteiger partial charge in [-0.3, -0.25) is 4.79 Å². The molecule has 1 heterocycles. The summed E-state index contributed by atoms with van der Waals surface area (Å²) >= 11 is 0. The molecular weight excluding hydrogens is 470 g/mol. The number of carbonyl (C=O) groups is 1. The molecular formula is C34H49NO3. The van der Waals surface area contributed by atoms with E-state index in [9.17, 15) is 4.79 Å². The monoisotopic (exact) mass is 519 g/mol. The third-order valence-electron chi connectivity index (χ3n) is 7.71. The van der Waals surface area contributed by atoms with Gasteiger partial charge in [0.2, 0.25) is 0 Å². The van der Waals surface area contributed by atoms with Gasteiger partial charge in [0.1, 0.15) is 17.0 Å². The van der Waals surface area contributed by atoms with Crippen molar-refractivity contribution < 1.29 is 14.3 Å². The Labute approximate surface area is 230 Å². The zero-order valence-corrected chi connectivity index (χ0v) is 25.8. The van der Waals surface area contributed by atoms with Gasteiger partial charge in [0.15, 0.2) is 0 Å². The van der Waals surface area contributed by atoms with Crippen LogP contribution in [0.15, 0.2) is 54.6 Å². The van der Waals surface area contributed by atoms with E-state index in [1.165, 1.54) is 16.6 Å². The maximum absolute atomic E-state index is 13.6.